The van der Waals surface area contributed by atoms with Crippen molar-refractivity contribution in [2.75, 3.05) is 19.0 Å². The highest BCUT2D eigenvalue weighted by Gasteiger charge is 2.23. The number of pyridine rings is 1. The first-order chi connectivity index (χ1) is 12.5. The Morgan fingerprint density at radius 3 is 2.88 bits per heavy atom. The summed E-state index contributed by atoms with van der Waals surface area (Å²) in [5, 5.41) is 4.09. The monoisotopic (exact) mass is 349 g/mol. The molecule has 0 unspecified atom stereocenters. The molecule has 1 aliphatic rings. The maximum Gasteiger partial charge on any atom is 0.252 e. The molecule has 0 fully saturated rings. The molecular formula is C20H23N5O. The van der Waals surface area contributed by atoms with Crippen molar-refractivity contribution in [3.05, 3.63) is 53.6 Å². The molecule has 0 saturated carbocycles. The van der Waals surface area contributed by atoms with Gasteiger partial charge in [0.25, 0.3) is 5.91 Å². The van der Waals surface area contributed by atoms with Crippen molar-refractivity contribution in [2.45, 2.75) is 32.4 Å². The third-order valence-corrected chi connectivity index (χ3v) is 4.85. The molecule has 1 amide bonds. The summed E-state index contributed by atoms with van der Waals surface area (Å²) in [6.45, 7) is 2.77. The van der Waals surface area contributed by atoms with Crippen LogP contribution < -0.4 is 10.2 Å². The maximum absolute atomic E-state index is 13.0. The second-order valence-corrected chi connectivity index (χ2v) is 7.10. The Morgan fingerprint density at radius 2 is 2.08 bits per heavy atom. The fourth-order valence-corrected chi connectivity index (χ4v) is 3.55. The molecular weight excluding hydrogens is 326 g/mol. The van der Waals surface area contributed by atoms with Crippen LogP contribution in [-0.4, -0.2) is 40.6 Å². The van der Waals surface area contributed by atoms with Crippen LogP contribution >= 0.6 is 0 Å². The minimum Gasteiger partial charge on any atom is -0.363 e. The van der Waals surface area contributed by atoms with E-state index in [-0.39, 0.29) is 11.9 Å². The van der Waals surface area contributed by atoms with Crippen molar-refractivity contribution in [3.8, 4) is 0 Å². The number of para-hydroxylation sites is 1. The number of aryl methyl sites for hydroxylation is 2. The van der Waals surface area contributed by atoms with Crippen molar-refractivity contribution in [1.29, 1.82) is 0 Å². The van der Waals surface area contributed by atoms with E-state index in [0.717, 1.165) is 47.6 Å². The largest absolute Gasteiger partial charge is 0.363 e. The number of benzene rings is 1. The number of nitrogens with zero attached hydrogens (tertiary/aromatic N) is 4. The van der Waals surface area contributed by atoms with E-state index in [4.69, 9.17) is 0 Å². The highest BCUT2D eigenvalue weighted by Crippen LogP contribution is 2.23. The zero-order valence-corrected chi connectivity index (χ0v) is 15.4. The normalized spacial score (nSPS) is 16.3. The van der Waals surface area contributed by atoms with Gasteiger partial charge in [0, 0.05) is 44.7 Å². The fraction of sp³-hybridized carbons (Fsp3) is 0.350. The van der Waals surface area contributed by atoms with Gasteiger partial charge in [0.2, 0.25) is 0 Å². The lowest BCUT2D eigenvalue weighted by molar-refractivity contribution is 0.0929. The summed E-state index contributed by atoms with van der Waals surface area (Å²) in [5.41, 5.74) is 2.54. The van der Waals surface area contributed by atoms with Crippen LogP contribution in [0.4, 0.5) is 5.82 Å². The van der Waals surface area contributed by atoms with Gasteiger partial charge in [-0.2, -0.15) is 0 Å². The number of carbonyl (C=O) groups excluding carboxylic acids is 1. The van der Waals surface area contributed by atoms with Crippen LogP contribution in [0.1, 0.15) is 28.3 Å². The molecule has 3 aromatic rings. The van der Waals surface area contributed by atoms with Crippen LogP contribution in [0.5, 0.6) is 0 Å². The molecule has 0 aliphatic carbocycles. The number of hydrogen-bond donors (Lipinski definition) is 1. The molecule has 1 atom stereocenters. The Bertz CT molecular complexity index is 975. The Hall–Kier alpha value is -2.89. The summed E-state index contributed by atoms with van der Waals surface area (Å²) < 4.78 is 2.15. The SMILES string of the molecule is Cc1cn2c(n1)CC[C@@H](NC(=O)c1cc(N(C)C)nc3ccccc13)C2. The molecule has 1 aliphatic heterocycles. The van der Waals surface area contributed by atoms with Gasteiger partial charge in [0.1, 0.15) is 11.6 Å². The molecule has 134 valence electrons. The maximum atomic E-state index is 13.0. The summed E-state index contributed by atoms with van der Waals surface area (Å²) in [7, 11) is 3.87. The van der Waals surface area contributed by atoms with Crippen LogP contribution in [-0.2, 0) is 13.0 Å². The standard InChI is InChI=1S/C20H23N5O/c1-13-11-25-12-14(8-9-18(25)21-13)22-20(26)16-10-19(24(2)3)23-17-7-5-4-6-15(16)17/h4-7,10-11,14H,8-9,12H2,1-3H3,(H,22,26)/t14-/m1/s1. The summed E-state index contributed by atoms with van der Waals surface area (Å²) in [4.78, 5) is 24.1. The molecule has 0 radical (unpaired) electrons. The predicted octanol–water partition coefficient (Wildman–Crippen LogP) is 2.55. The molecule has 0 spiro atoms. The Kier molecular flexibility index (Phi) is 4.11. The van der Waals surface area contributed by atoms with Crippen molar-refractivity contribution >= 4 is 22.6 Å². The van der Waals surface area contributed by atoms with Gasteiger partial charge in [-0.3, -0.25) is 4.79 Å². The van der Waals surface area contributed by atoms with Gasteiger partial charge < -0.3 is 14.8 Å². The number of carbonyl (C=O) groups is 1. The Labute approximate surface area is 152 Å². The molecule has 0 bridgehead atoms. The minimum absolute atomic E-state index is 0.0445. The summed E-state index contributed by atoms with van der Waals surface area (Å²) >= 11 is 0. The minimum atomic E-state index is -0.0445. The molecule has 4 rings (SSSR count). The van der Waals surface area contributed by atoms with Crippen LogP contribution in [0.2, 0.25) is 0 Å². The lowest BCUT2D eigenvalue weighted by Gasteiger charge is -2.25. The zero-order chi connectivity index (χ0) is 18.3. The van der Waals surface area contributed by atoms with Gasteiger partial charge in [0.05, 0.1) is 16.8 Å². The zero-order valence-electron chi connectivity index (χ0n) is 15.4. The molecule has 2 aromatic heterocycles. The molecule has 26 heavy (non-hydrogen) atoms. The second kappa shape index (κ2) is 6.44. The first-order valence-electron chi connectivity index (χ1n) is 8.92. The van der Waals surface area contributed by atoms with Gasteiger partial charge >= 0.3 is 0 Å². The van der Waals surface area contributed by atoms with Crippen LogP contribution in [0, 0.1) is 6.92 Å². The molecule has 3 heterocycles. The Balaban J connectivity index is 1.62. The van der Waals surface area contributed by atoms with Crippen molar-refractivity contribution in [2.24, 2.45) is 0 Å². The first kappa shape index (κ1) is 16.6. The average Bonchev–Trinajstić information content (AvgIpc) is 2.99. The van der Waals surface area contributed by atoms with E-state index >= 15 is 0 Å². The molecule has 1 N–H and O–H groups in total. The van der Waals surface area contributed by atoms with Gasteiger partial charge in [-0.25, -0.2) is 9.97 Å². The number of aromatic nitrogens is 3. The quantitative estimate of drug-likeness (QED) is 0.789. The van der Waals surface area contributed by atoms with Gasteiger partial charge in [-0.05, 0) is 25.5 Å². The summed E-state index contributed by atoms with van der Waals surface area (Å²) in [6, 6.07) is 9.76. The predicted molar refractivity (Wildman–Crippen MR) is 103 cm³/mol. The van der Waals surface area contributed by atoms with Crippen molar-refractivity contribution in [3.63, 3.8) is 0 Å². The third kappa shape index (κ3) is 3.03. The molecule has 6 heteroatoms. The number of amides is 1. The highest BCUT2D eigenvalue weighted by molar-refractivity contribution is 6.07. The summed E-state index contributed by atoms with van der Waals surface area (Å²) in [6.07, 6.45) is 3.85. The smallest absolute Gasteiger partial charge is 0.252 e. The highest BCUT2D eigenvalue weighted by atomic mass is 16.1. The number of anilines is 1. The lowest BCUT2D eigenvalue weighted by atomic mass is 10.0. The van der Waals surface area contributed by atoms with E-state index in [0.29, 0.717) is 5.56 Å². The third-order valence-electron chi connectivity index (χ3n) is 4.85. The van der Waals surface area contributed by atoms with E-state index in [9.17, 15) is 4.79 Å². The van der Waals surface area contributed by atoms with Crippen molar-refractivity contribution in [1.82, 2.24) is 19.9 Å². The summed E-state index contributed by atoms with van der Waals surface area (Å²) in [5.74, 6) is 1.85. The molecule has 6 nitrogen and oxygen atoms in total. The topological polar surface area (TPSA) is 63.1 Å². The average molecular weight is 349 g/mol. The lowest BCUT2D eigenvalue weighted by Crippen LogP contribution is -2.41. The fourth-order valence-electron chi connectivity index (χ4n) is 3.55. The van der Waals surface area contributed by atoms with E-state index in [2.05, 4.69) is 26.0 Å². The number of fused-ring (bicyclic) bond motifs is 2. The van der Waals surface area contributed by atoms with Crippen LogP contribution in [0.3, 0.4) is 0 Å². The van der Waals surface area contributed by atoms with E-state index in [1.165, 1.54) is 0 Å². The van der Waals surface area contributed by atoms with Gasteiger partial charge in [-0.15, -0.1) is 0 Å². The molecule has 1 aromatic carbocycles. The van der Waals surface area contributed by atoms with E-state index < -0.39 is 0 Å². The second-order valence-electron chi connectivity index (χ2n) is 7.10. The number of imidazole rings is 1. The van der Waals surface area contributed by atoms with Crippen LogP contribution in [0.25, 0.3) is 10.9 Å². The van der Waals surface area contributed by atoms with E-state index in [1.807, 2.05) is 56.3 Å². The van der Waals surface area contributed by atoms with Crippen LogP contribution in [0.15, 0.2) is 36.5 Å². The number of nitrogens with one attached hydrogen (secondary N) is 1. The molecule has 0 saturated heterocycles. The number of rotatable bonds is 3. The van der Waals surface area contributed by atoms with Gasteiger partial charge in [-0.1, -0.05) is 18.2 Å². The first-order valence-corrected chi connectivity index (χ1v) is 8.92. The van der Waals surface area contributed by atoms with Crippen molar-refractivity contribution < 1.29 is 4.79 Å². The number of hydrogen-bond acceptors (Lipinski definition) is 4. The van der Waals surface area contributed by atoms with E-state index in [1.54, 1.807) is 0 Å². The Morgan fingerprint density at radius 1 is 1.27 bits per heavy atom. The van der Waals surface area contributed by atoms with Gasteiger partial charge in [0.15, 0.2) is 0 Å².